The maximum absolute atomic E-state index is 9.87. The largest absolute Gasteiger partial charge is 0.398 e. The summed E-state index contributed by atoms with van der Waals surface area (Å²) >= 11 is 0. The zero-order valence-corrected chi connectivity index (χ0v) is 9.44. The lowest BCUT2D eigenvalue weighted by Crippen LogP contribution is -2.19. The number of aliphatic hydroxyl groups excluding tert-OH is 2. The third kappa shape index (κ3) is 2.51. The van der Waals surface area contributed by atoms with Crippen molar-refractivity contribution in [1.82, 2.24) is 0 Å². The van der Waals surface area contributed by atoms with Crippen molar-refractivity contribution in [2.24, 2.45) is 0 Å². The summed E-state index contributed by atoms with van der Waals surface area (Å²) in [6, 6.07) is 5.45. The van der Waals surface area contributed by atoms with Gasteiger partial charge in [-0.2, -0.15) is 5.26 Å². The van der Waals surface area contributed by atoms with Gasteiger partial charge in [-0.3, -0.25) is 0 Å². The second-order valence-corrected chi connectivity index (χ2v) is 3.96. The van der Waals surface area contributed by atoms with Crippen LogP contribution in [-0.4, -0.2) is 16.3 Å². The van der Waals surface area contributed by atoms with E-state index < -0.39 is 12.2 Å². The average Bonchev–Trinajstić information content (AvgIpc) is 2.22. The fraction of sp³-hybridized carbons (Fsp3) is 0.417. The Morgan fingerprint density at radius 3 is 2.56 bits per heavy atom. The molecule has 0 fully saturated rings. The minimum Gasteiger partial charge on any atom is -0.398 e. The van der Waals surface area contributed by atoms with Crippen molar-refractivity contribution >= 4 is 5.69 Å². The molecule has 0 aliphatic rings. The third-order valence-electron chi connectivity index (χ3n) is 2.55. The first kappa shape index (κ1) is 12.5. The number of aliphatic hydroxyl groups is 2. The van der Waals surface area contributed by atoms with Gasteiger partial charge in [-0.05, 0) is 19.4 Å². The molecule has 0 bridgehead atoms. The number of benzene rings is 1. The van der Waals surface area contributed by atoms with E-state index in [-0.39, 0.29) is 6.42 Å². The summed E-state index contributed by atoms with van der Waals surface area (Å²) in [6.07, 6.45) is -2.33. The SMILES string of the molecule is Cc1cc(C)c(N)c(C(O)C(O)CC#N)c1. The average molecular weight is 220 g/mol. The van der Waals surface area contributed by atoms with Crippen molar-refractivity contribution < 1.29 is 10.2 Å². The van der Waals surface area contributed by atoms with Crippen LogP contribution in [0.5, 0.6) is 0 Å². The van der Waals surface area contributed by atoms with E-state index in [0.29, 0.717) is 11.3 Å². The Morgan fingerprint density at radius 2 is 2.00 bits per heavy atom. The van der Waals surface area contributed by atoms with Crippen LogP contribution in [0.15, 0.2) is 12.1 Å². The van der Waals surface area contributed by atoms with Crippen molar-refractivity contribution in [3.8, 4) is 6.07 Å². The highest BCUT2D eigenvalue weighted by atomic mass is 16.3. The van der Waals surface area contributed by atoms with Crippen LogP contribution in [0.3, 0.4) is 0 Å². The van der Waals surface area contributed by atoms with E-state index in [1.165, 1.54) is 0 Å². The van der Waals surface area contributed by atoms with E-state index in [1.54, 1.807) is 6.07 Å². The van der Waals surface area contributed by atoms with Crippen LogP contribution >= 0.6 is 0 Å². The molecule has 2 atom stereocenters. The summed E-state index contributed by atoms with van der Waals surface area (Å²) in [5, 5.41) is 27.9. The van der Waals surface area contributed by atoms with Gasteiger partial charge in [0.2, 0.25) is 0 Å². The number of aryl methyl sites for hydroxylation is 2. The molecule has 0 aliphatic carbocycles. The summed E-state index contributed by atoms with van der Waals surface area (Å²) in [5.74, 6) is 0. The van der Waals surface area contributed by atoms with Gasteiger partial charge in [0.05, 0.1) is 18.6 Å². The Bertz CT molecular complexity index is 424. The predicted molar refractivity (Wildman–Crippen MR) is 61.5 cm³/mol. The van der Waals surface area contributed by atoms with Gasteiger partial charge < -0.3 is 15.9 Å². The van der Waals surface area contributed by atoms with E-state index in [1.807, 2.05) is 26.0 Å². The lowest BCUT2D eigenvalue weighted by atomic mass is 9.96. The van der Waals surface area contributed by atoms with Crippen LogP contribution in [0.4, 0.5) is 5.69 Å². The summed E-state index contributed by atoms with van der Waals surface area (Å²) in [4.78, 5) is 0. The van der Waals surface area contributed by atoms with E-state index in [9.17, 15) is 10.2 Å². The van der Waals surface area contributed by atoms with Crippen LogP contribution in [-0.2, 0) is 0 Å². The third-order valence-corrected chi connectivity index (χ3v) is 2.55. The molecule has 0 heterocycles. The molecule has 0 amide bonds. The van der Waals surface area contributed by atoms with Crippen molar-refractivity contribution in [3.63, 3.8) is 0 Å². The Morgan fingerprint density at radius 1 is 1.38 bits per heavy atom. The van der Waals surface area contributed by atoms with Gasteiger partial charge in [-0.15, -0.1) is 0 Å². The molecule has 0 radical (unpaired) electrons. The van der Waals surface area contributed by atoms with Gasteiger partial charge in [-0.25, -0.2) is 0 Å². The lowest BCUT2D eigenvalue weighted by Gasteiger charge is -2.19. The smallest absolute Gasteiger partial charge is 0.108 e. The normalized spacial score (nSPS) is 14.2. The number of nitriles is 1. The standard InChI is InChI=1S/C12H16N2O2/c1-7-5-8(2)11(14)9(6-7)12(16)10(15)3-4-13/h5-6,10,12,15-16H,3,14H2,1-2H3. The zero-order chi connectivity index (χ0) is 12.3. The van der Waals surface area contributed by atoms with Gasteiger partial charge in [0.15, 0.2) is 0 Å². The fourth-order valence-electron chi connectivity index (χ4n) is 1.67. The maximum atomic E-state index is 9.87. The van der Waals surface area contributed by atoms with Gasteiger partial charge in [-0.1, -0.05) is 17.7 Å². The first-order chi connectivity index (χ1) is 7.47. The molecule has 86 valence electrons. The number of nitrogens with two attached hydrogens (primary N) is 1. The van der Waals surface area contributed by atoms with Crippen LogP contribution in [0, 0.1) is 25.2 Å². The quantitative estimate of drug-likeness (QED) is 0.667. The molecule has 4 nitrogen and oxygen atoms in total. The zero-order valence-electron chi connectivity index (χ0n) is 9.44. The minimum atomic E-state index is -1.11. The van der Waals surface area contributed by atoms with Crippen molar-refractivity contribution in [2.45, 2.75) is 32.5 Å². The molecule has 1 aromatic rings. The second-order valence-electron chi connectivity index (χ2n) is 3.96. The van der Waals surface area contributed by atoms with E-state index >= 15 is 0 Å². The highest BCUT2D eigenvalue weighted by Gasteiger charge is 2.21. The number of nitrogen functional groups attached to an aromatic ring is 1. The van der Waals surface area contributed by atoms with Crippen molar-refractivity contribution in [3.05, 3.63) is 28.8 Å². The molecule has 1 rings (SSSR count). The fourth-order valence-corrected chi connectivity index (χ4v) is 1.67. The van der Waals surface area contributed by atoms with Crippen LogP contribution in [0.1, 0.15) is 29.2 Å². The lowest BCUT2D eigenvalue weighted by molar-refractivity contribution is 0.0220. The summed E-state index contributed by atoms with van der Waals surface area (Å²) in [5.41, 5.74) is 8.61. The molecular formula is C12H16N2O2. The van der Waals surface area contributed by atoms with Gasteiger partial charge in [0.1, 0.15) is 6.10 Å². The Hall–Kier alpha value is -1.57. The molecule has 1 aromatic carbocycles. The second kappa shape index (κ2) is 4.97. The van der Waals surface area contributed by atoms with E-state index in [2.05, 4.69) is 0 Å². The molecular weight excluding hydrogens is 204 g/mol. The number of rotatable bonds is 3. The number of hydrogen-bond acceptors (Lipinski definition) is 4. The molecule has 2 unspecified atom stereocenters. The summed E-state index contributed by atoms with van der Waals surface area (Å²) in [7, 11) is 0. The number of anilines is 1. The molecule has 0 spiro atoms. The highest BCUT2D eigenvalue weighted by Crippen LogP contribution is 2.28. The number of nitrogens with zero attached hydrogens (tertiary/aromatic N) is 1. The monoisotopic (exact) mass is 220 g/mol. The van der Waals surface area contributed by atoms with Crippen molar-refractivity contribution in [1.29, 1.82) is 5.26 Å². The van der Waals surface area contributed by atoms with E-state index in [4.69, 9.17) is 11.0 Å². The molecule has 0 aromatic heterocycles. The molecule has 4 heteroatoms. The maximum Gasteiger partial charge on any atom is 0.108 e. The molecule has 16 heavy (non-hydrogen) atoms. The highest BCUT2D eigenvalue weighted by molar-refractivity contribution is 5.56. The molecule has 0 saturated carbocycles. The minimum absolute atomic E-state index is 0.117. The molecule has 0 aliphatic heterocycles. The first-order valence-corrected chi connectivity index (χ1v) is 5.07. The van der Waals surface area contributed by atoms with Gasteiger partial charge >= 0.3 is 0 Å². The van der Waals surface area contributed by atoms with Crippen molar-refractivity contribution in [2.75, 3.05) is 5.73 Å². The van der Waals surface area contributed by atoms with Crippen LogP contribution < -0.4 is 5.73 Å². The summed E-state index contributed by atoms with van der Waals surface area (Å²) < 4.78 is 0. The number of hydrogen-bond donors (Lipinski definition) is 3. The van der Waals surface area contributed by atoms with Crippen LogP contribution in [0.2, 0.25) is 0 Å². The Labute approximate surface area is 94.9 Å². The van der Waals surface area contributed by atoms with E-state index in [0.717, 1.165) is 11.1 Å². The Balaban J connectivity index is 3.08. The first-order valence-electron chi connectivity index (χ1n) is 5.07. The van der Waals surface area contributed by atoms with Crippen LogP contribution in [0.25, 0.3) is 0 Å². The molecule has 4 N–H and O–H groups in total. The predicted octanol–water partition coefficient (Wildman–Crippen LogP) is 1.19. The van der Waals surface area contributed by atoms with Gasteiger partial charge in [0, 0.05) is 11.3 Å². The summed E-state index contributed by atoms with van der Waals surface area (Å²) in [6.45, 7) is 3.73. The topological polar surface area (TPSA) is 90.3 Å². The van der Waals surface area contributed by atoms with Gasteiger partial charge in [0.25, 0.3) is 0 Å². The molecule has 0 saturated heterocycles. The Kier molecular flexibility index (Phi) is 3.88.